The van der Waals surface area contributed by atoms with Crippen LogP contribution in [0.2, 0.25) is 0 Å². The number of hydrogen-bond acceptors (Lipinski definition) is 8. The van der Waals surface area contributed by atoms with Crippen LogP contribution in [0, 0.1) is 11.6 Å². The molecule has 0 spiro atoms. The number of fused-ring (bicyclic) bond motifs is 3. The summed E-state index contributed by atoms with van der Waals surface area (Å²) in [6.07, 6.45) is 3.38. The van der Waals surface area contributed by atoms with Gasteiger partial charge in [-0.3, -0.25) is 19.1 Å². The monoisotopic (exact) mass is 605 g/mol. The van der Waals surface area contributed by atoms with Crippen molar-refractivity contribution >= 4 is 34.6 Å². The van der Waals surface area contributed by atoms with Gasteiger partial charge in [0.15, 0.2) is 0 Å². The first-order valence-electron chi connectivity index (χ1n) is 13.6. The summed E-state index contributed by atoms with van der Waals surface area (Å²) in [5.41, 5.74) is 2.58. The molecule has 43 heavy (non-hydrogen) atoms. The summed E-state index contributed by atoms with van der Waals surface area (Å²) >= 11 is 0.864. The molecule has 2 N–H and O–H groups in total. The third kappa shape index (κ3) is 5.59. The molecule has 4 aromatic rings. The molecule has 9 nitrogen and oxygen atoms in total. The summed E-state index contributed by atoms with van der Waals surface area (Å²) in [6.45, 7) is 3.64. The highest BCUT2D eigenvalue weighted by molar-refractivity contribution is 7.12. The molecule has 1 fully saturated rings. The highest BCUT2D eigenvalue weighted by Gasteiger charge is 2.31. The number of piperidine rings is 1. The Bertz CT molecular complexity index is 1750. The molecule has 224 valence electrons. The molecular weight excluding hydrogens is 572 g/mol. The highest BCUT2D eigenvalue weighted by Crippen LogP contribution is 2.34. The van der Waals surface area contributed by atoms with Crippen LogP contribution in [0.3, 0.4) is 0 Å². The number of anilines is 2. The second-order valence-corrected chi connectivity index (χ2v) is 11.7. The van der Waals surface area contributed by atoms with Crippen molar-refractivity contribution in [3.8, 4) is 11.4 Å². The van der Waals surface area contributed by atoms with Gasteiger partial charge in [-0.1, -0.05) is 24.8 Å². The van der Waals surface area contributed by atoms with E-state index in [0.717, 1.165) is 36.3 Å². The molecule has 12 heteroatoms. The van der Waals surface area contributed by atoms with Crippen LogP contribution in [-0.2, 0) is 13.6 Å². The Hall–Kier alpha value is -4.29. The topological polar surface area (TPSA) is 105 Å². The number of aromatic nitrogens is 3. The van der Waals surface area contributed by atoms with Crippen LogP contribution < -0.4 is 15.5 Å². The molecule has 2 aliphatic rings. The van der Waals surface area contributed by atoms with Crippen molar-refractivity contribution in [2.75, 3.05) is 25.5 Å². The molecule has 2 aliphatic heterocycles. The zero-order valence-corrected chi connectivity index (χ0v) is 24.2. The smallest absolute Gasteiger partial charge is 0.308 e. The first-order chi connectivity index (χ1) is 20.2. The molecule has 0 bridgehead atoms. The predicted molar refractivity (Wildman–Crippen MR) is 165 cm³/mol. The lowest BCUT2D eigenvalue weighted by atomic mass is 9.89. The number of amides is 1. The number of hydrogen-bond donors (Lipinski definition) is 2. The lowest BCUT2D eigenvalue weighted by Crippen LogP contribution is -2.51. The van der Waals surface area contributed by atoms with E-state index >= 15 is 0 Å². The van der Waals surface area contributed by atoms with E-state index in [1.165, 1.54) is 10.6 Å². The zero-order valence-electron chi connectivity index (χ0n) is 23.4. The molecule has 1 amide bonds. The SMILES string of the molecule is C.CNC1(C)CCN(C(=O)c2ccc(Nc3ncc4c(n3)-c3c(sc(=O)n3C)C(c3c(F)cccc3F)=NC4)cc2)CC1. The Kier molecular flexibility index (Phi) is 8.26. The molecule has 4 heterocycles. The van der Waals surface area contributed by atoms with Crippen LogP contribution in [0.15, 0.2) is 58.4 Å². The Morgan fingerprint density at radius 3 is 2.40 bits per heavy atom. The number of aliphatic imine (C=N–C) groups is 1. The van der Waals surface area contributed by atoms with Crippen molar-refractivity contribution < 1.29 is 13.6 Å². The number of carbonyl (C=O) groups is 1. The van der Waals surface area contributed by atoms with Crippen LogP contribution in [0.4, 0.5) is 20.4 Å². The Morgan fingerprint density at radius 2 is 1.74 bits per heavy atom. The second kappa shape index (κ2) is 11.8. The van der Waals surface area contributed by atoms with Gasteiger partial charge in [0.25, 0.3) is 5.91 Å². The number of thiazole rings is 1. The second-order valence-electron chi connectivity index (χ2n) is 10.7. The van der Waals surface area contributed by atoms with E-state index in [0.29, 0.717) is 46.2 Å². The normalized spacial score (nSPS) is 15.5. The van der Waals surface area contributed by atoms with Gasteiger partial charge >= 0.3 is 4.87 Å². The molecule has 0 atom stereocenters. The molecule has 0 aliphatic carbocycles. The van der Waals surface area contributed by atoms with Crippen LogP contribution in [-0.4, -0.2) is 56.7 Å². The van der Waals surface area contributed by atoms with E-state index in [1.807, 2.05) is 11.9 Å². The van der Waals surface area contributed by atoms with Crippen molar-refractivity contribution in [1.29, 1.82) is 0 Å². The lowest BCUT2D eigenvalue weighted by Gasteiger charge is -2.39. The fourth-order valence-corrected chi connectivity index (χ4v) is 6.27. The number of nitrogens with one attached hydrogen (secondary N) is 2. The Morgan fingerprint density at radius 1 is 1.07 bits per heavy atom. The minimum atomic E-state index is -0.763. The predicted octanol–water partition coefficient (Wildman–Crippen LogP) is 5.13. The van der Waals surface area contributed by atoms with Gasteiger partial charge in [0, 0.05) is 48.7 Å². The minimum absolute atomic E-state index is 0. The average molecular weight is 606 g/mol. The maximum absolute atomic E-state index is 14.8. The van der Waals surface area contributed by atoms with Gasteiger partial charge in [0.2, 0.25) is 5.95 Å². The summed E-state index contributed by atoms with van der Waals surface area (Å²) in [6, 6.07) is 10.7. The van der Waals surface area contributed by atoms with Gasteiger partial charge in [-0.2, -0.15) is 0 Å². The van der Waals surface area contributed by atoms with Crippen molar-refractivity contribution in [3.05, 3.63) is 91.5 Å². The Balaban J connectivity index is 0.00000368. The number of carbonyl (C=O) groups excluding carboxylic acids is 1. The fraction of sp³-hybridized carbons (Fsp3) is 0.323. The number of benzene rings is 2. The first-order valence-corrected chi connectivity index (χ1v) is 14.4. The third-order valence-electron chi connectivity index (χ3n) is 8.07. The molecule has 6 rings (SSSR count). The molecular formula is C31H33F2N7O2S. The van der Waals surface area contributed by atoms with Gasteiger partial charge in [-0.05, 0) is 63.2 Å². The van der Waals surface area contributed by atoms with E-state index in [1.54, 1.807) is 37.5 Å². The van der Waals surface area contributed by atoms with E-state index in [9.17, 15) is 18.4 Å². The minimum Gasteiger partial charge on any atom is -0.339 e. The largest absolute Gasteiger partial charge is 0.339 e. The first kappa shape index (κ1) is 30.2. The molecule has 0 radical (unpaired) electrons. The van der Waals surface area contributed by atoms with E-state index in [4.69, 9.17) is 4.98 Å². The highest BCUT2D eigenvalue weighted by atomic mass is 32.1. The zero-order chi connectivity index (χ0) is 29.6. The van der Waals surface area contributed by atoms with Crippen LogP contribution in [0.1, 0.15) is 53.6 Å². The van der Waals surface area contributed by atoms with Crippen LogP contribution >= 0.6 is 11.3 Å². The molecule has 0 unspecified atom stereocenters. The van der Waals surface area contributed by atoms with Crippen molar-refractivity contribution in [2.45, 2.75) is 39.3 Å². The molecule has 2 aromatic carbocycles. The lowest BCUT2D eigenvalue weighted by molar-refractivity contribution is 0.0662. The Labute approximate surface area is 252 Å². The summed E-state index contributed by atoms with van der Waals surface area (Å²) < 4.78 is 30.9. The molecule has 2 aromatic heterocycles. The third-order valence-corrected chi connectivity index (χ3v) is 9.11. The van der Waals surface area contributed by atoms with Crippen LogP contribution in [0.25, 0.3) is 11.4 Å². The number of rotatable bonds is 5. The van der Waals surface area contributed by atoms with Gasteiger partial charge in [0.1, 0.15) is 11.6 Å². The standard InChI is InChI=1S/C30H29F2N7O2S.CH4/c1-30(33-2)11-13-39(14-12-30)27(40)17-7-9-19(10-8-17)36-28-35-16-18-15-34-24(22-20(31)5-4-6-21(22)32)26-25(23(18)37-28)38(3)29(41)42-26;/h4-10,16,33H,11-15H2,1-3H3,(H,35,36,37);1H4. The molecule has 0 saturated carbocycles. The van der Waals surface area contributed by atoms with Crippen molar-refractivity contribution in [1.82, 2.24) is 24.8 Å². The van der Waals surface area contributed by atoms with Gasteiger partial charge < -0.3 is 15.5 Å². The number of likely N-dealkylation sites (tertiary alicyclic amines) is 1. The average Bonchev–Trinajstić information content (AvgIpc) is 3.19. The fourth-order valence-electron chi connectivity index (χ4n) is 5.28. The number of halogens is 2. The van der Waals surface area contributed by atoms with E-state index in [2.05, 4.69) is 27.5 Å². The quantitative estimate of drug-likeness (QED) is 0.327. The summed E-state index contributed by atoms with van der Waals surface area (Å²) in [5, 5.41) is 6.51. The van der Waals surface area contributed by atoms with E-state index < -0.39 is 11.6 Å². The van der Waals surface area contributed by atoms with Crippen LogP contribution in [0.5, 0.6) is 0 Å². The van der Waals surface area contributed by atoms with Gasteiger partial charge in [-0.25, -0.2) is 18.7 Å². The van der Waals surface area contributed by atoms with Gasteiger partial charge in [0.05, 0.1) is 34.1 Å². The van der Waals surface area contributed by atoms with Crippen molar-refractivity contribution in [2.24, 2.45) is 12.0 Å². The summed E-state index contributed by atoms with van der Waals surface area (Å²) in [4.78, 5) is 41.3. The van der Waals surface area contributed by atoms with Crippen molar-refractivity contribution in [3.63, 3.8) is 0 Å². The maximum Gasteiger partial charge on any atom is 0.308 e. The number of nitrogens with zero attached hydrogens (tertiary/aromatic N) is 5. The van der Waals surface area contributed by atoms with E-state index in [-0.39, 0.29) is 47.5 Å². The summed E-state index contributed by atoms with van der Waals surface area (Å²) in [5.74, 6) is -1.27. The summed E-state index contributed by atoms with van der Waals surface area (Å²) in [7, 11) is 3.55. The molecule has 1 saturated heterocycles. The van der Waals surface area contributed by atoms with Gasteiger partial charge in [-0.15, -0.1) is 0 Å². The maximum atomic E-state index is 14.8.